The molecule has 1 unspecified atom stereocenters. The van der Waals surface area contributed by atoms with E-state index in [0.717, 1.165) is 0 Å². The van der Waals surface area contributed by atoms with Gasteiger partial charge in [0, 0.05) is 19.0 Å². The molecule has 0 bridgehead atoms. The molecule has 0 aromatic rings. The summed E-state index contributed by atoms with van der Waals surface area (Å²) in [5.41, 5.74) is 0. The van der Waals surface area contributed by atoms with Gasteiger partial charge in [0.15, 0.2) is 9.84 Å². The molecule has 98 valence electrons. The van der Waals surface area contributed by atoms with Crippen molar-refractivity contribution >= 4 is 21.7 Å². The van der Waals surface area contributed by atoms with Gasteiger partial charge in [-0.3, -0.25) is 9.59 Å². The molecule has 0 aliphatic carbocycles. The Bertz CT molecular complexity index is 403. The Labute approximate surface area is 101 Å². The van der Waals surface area contributed by atoms with Crippen molar-refractivity contribution in [1.29, 1.82) is 0 Å². The van der Waals surface area contributed by atoms with Crippen LogP contribution in [0.15, 0.2) is 0 Å². The highest BCUT2D eigenvalue weighted by atomic mass is 32.2. The predicted octanol–water partition coefficient (Wildman–Crippen LogP) is -0.113. The van der Waals surface area contributed by atoms with Crippen molar-refractivity contribution in [1.82, 2.24) is 4.90 Å². The summed E-state index contributed by atoms with van der Waals surface area (Å²) in [7, 11) is -3.03. The number of nitrogens with zero attached hydrogens (tertiary/aromatic N) is 1. The molecule has 17 heavy (non-hydrogen) atoms. The average molecular weight is 263 g/mol. The minimum absolute atomic E-state index is 0.000346. The lowest BCUT2D eigenvalue weighted by Crippen LogP contribution is -2.41. The number of carbonyl (C=O) groups is 2. The maximum atomic E-state index is 11.7. The van der Waals surface area contributed by atoms with Gasteiger partial charge in [-0.25, -0.2) is 8.42 Å². The quantitative estimate of drug-likeness (QED) is 0.747. The molecule has 0 aromatic carbocycles. The average Bonchev–Trinajstić information content (AvgIpc) is 2.57. The molecule has 1 saturated heterocycles. The summed E-state index contributed by atoms with van der Waals surface area (Å²) >= 11 is 0. The fraction of sp³-hybridized carbons (Fsp3) is 0.800. The molecule has 0 spiro atoms. The normalized spacial score (nSPS) is 22.3. The van der Waals surface area contributed by atoms with Crippen LogP contribution in [0.25, 0.3) is 0 Å². The maximum absolute atomic E-state index is 11.7. The fourth-order valence-corrected chi connectivity index (χ4v) is 3.75. The van der Waals surface area contributed by atoms with E-state index in [2.05, 4.69) is 0 Å². The highest BCUT2D eigenvalue weighted by Crippen LogP contribution is 2.18. The summed E-state index contributed by atoms with van der Waals surface area (Å²) in [5, 5.41) is 8.50. The molecule has 1 amide bonds. The predicted molar refractivity (Wildman–Crippen MR) is 61.3 cm³/mol. The van der Waals surface area contributed by atoms with Crippen LogP contribution in [0, 0.1) is 0 Å². The Morgan fingerprint density at radius 2 is 2.00 bits per heavy atom. The summed E-state index contributed by atoms with van der Waals surface area (Å²) in [6.45, 7) is 2.18. The van der Waals surface area contributed by atoms with Gasteiger partial charge in [0.1, 0.15) is 0 Å². The SMILES string of the molecule is CCN(C(=O)CCC(=O)O)C1CCS(=O)(=O)C1. The molecular weight excluding hydrogens is 246 g/mol. The third-order valence-corrected chi connectivity index (χ3v) is 4.61. The molecule has 1 aliphatic rings. The Balaban J connectivity index is 2.59. The lowest BCUT2D eigenvalue weighted by Gasteiger charge is -2.26. The second-order valence-corrected chi connectivity index (χ2v) is 6.36. The fourth-order valence-electron chi connectivity index (χ4n) is 2.02. The monoisotopic (exact) mass is 263 g/mol. The van der Waals surface area contributed by atoms with Gasteiger partial charge in [-0.15, -0.1) is 0 Å². The van der Waals surface area contributed by atoms with Gasteiger partial charge < -0.3 is 10.0 Å². The number of hydrogen-bond acceptors (Lipinski definition) is 4. The van der Waals surface area contributed by atoms with Gasteiger partial charge in [0.25, 0.3) is 0 Å². The van der Waals surface area contributed by atoms with E-state index in [-0.39, 0.29) is 36.3 Å². The van der Waals surface area contributed by atoms with Gasteiger partial charge in [-0.05, 0) is 13.3 Å². The van der Waals surface area contributed by atoms with Crippen LogP contribution in [0.5, 0.6) is 0 Å². The van der Waals surface area contributed by atoms with Gasteiger partial charge in [0.2, 0.25) is 5.91 Å². The lowest BCUT2D eigenvalue weighted by molar-refractivity contribution is -0.141. The summed E-state index contributed by atoms with van der Waals surface area (Å²) in [6.07, 6.45) is 0.170. The Morgan fingerprint density at radius 1 is 1.35 bits per heavy atom. The zero-order valence-corrected chi connectivity index (χ0v) is 10.6. The Hall–Kier alpha value is -1.11. The van der Waals surface area contributed by atoms with Crippen molar-refractivity contribution in [3.05, 3.63) is 0 Å². The van der Waals surface area contributed by atoms with Crippen LogP contribution in [0.1, 0.15) is 26.2 Å². The van der Waals surface area contributed by atoms with E-state index >= 15 is 0 Å². The number of amides is 1. The van der Waals surface area contributed by atoms with E-state index in [1.165, 1.54) is 4.90 Å². The van der Waals surface area contributed by atoms with Gasteiger partial charge in [-0.2, -0.15) is 0 Å². The Kier molecular flexibility index (Phi) is 4.50. The van der Waals surface area contributed by atoms with Crippen molar-refractivity contribution in [3.8, 4) is 0 Å². The van der Waals surface area contributed by atoms with Crippen molar-refractivity contribution in [2.24, 2.45) is 0 Å². The maximum Gasteiger partial charge on any atom is 0.303 e. The molecule has 0 saturated carbocycles. The molecule has 1 N–H and O–H groups in total. The molecule has 1 atom stereocenters. The third-order valence-electron chi connectivity index (χ3n) is 2.86. The molecule has 7 heteroatoms. The number of carbonyl (C=O) groups excluding carboxylic acids is 1. The zero-order chi connectivity index (χ0) is 13.1. The van der Waals surface area contributed by atoms with Crippen molar-refractivity contribution in [2.45, 2.75) is 32.2 Å². The summed E-state index contributed by atoms with van der Waals surface area (Å²) in [4.78, 5) is 23.6. The largest absolute Gasteiger partial charge is 0.481 e. The van der Waals surface area contributed by atoms with Crippen LogP contribution in [-0.4, -0.2) is 54.4 Å². The van der Waals surface area contributed by atoms with Crippen molar-refractivity contribution < 1.29 is 23.1 Å². The number of carboxylic acids is 1. The van der Waals surface area contributed by atoms with Crippen LogP contribution < -0.4 is 0 Å². The van der Waals surface area contributed by atoms with E-state index in [9.17, 15) is 18.0 Å². The first-order valence-corrected chi connectivity index (χ1v) is 7.39. The van der Waals surface area contributed by atoms with E-state index < -0.39 is 15.8 Å². The minimum atomic E-state index is -3.03. The molecular formula is C10H17NO5S. The highest BCUT2D eigenvalue weighted by Gasteiger charge is 2.33. The zero-order valence-electron chi connectivity index (χ0n) is 9.76. The highest BCUT2D eigenvalue weighted by molar-refractivity contribution is 7.91. The van der Waals surface area contributed by atoms with Gasteiger partial charge >= 0.3 is 5.97 Å². The van der Waals surface area contributed by atoms with Crippen LogP contribution in [0.3, 0.4) is 0 Å². The van der Waals surface area contributed by atoms with E-state index in [1.54, 1.807) is 6.92 Å². The van der Waals surface area contributed by atoms with E-state index in [1.807, 2.05) is 0 Å². The number of rotatable bonds is 5. The minimum Gasteiger partial charge on any atom is -0.481 e. The molecule has 1 rings (SSSR count). The third kappa shape index (κ3) is 3.99. The van der Waals surface area contributed by atoms with Crippen molar-refractivity contribution in [3.63, 3.8) is 0 Å². The molecule has 1 heterocycles. The topological polar surface area (TPSA) is 91.8 Å². The molecule has 6 nitrogen and oxygen atoms in total. The summed E-state index contributed by atoms with van der Waals surface area (Å²) in [5.74, 6) is -1.19. The number of hydrogen-bond donors (Lipinski definition) is 1. The standard InChI is InChI=1S/C10H17NO5S/c1-2-11(9(12)3-4-10(13)14)8-5-6-17(15,16)7-8/h8H,2-7H2,1H3,(H,13,14). The van der Waals surface area contributed by atoms with Crippen LogP contribution in [0.4, 0.5) is 0 Å². The molecule has 1 fully saturated rings. The van der Waals surface area contributed by atoms with E-state index in [4.69, 9.17) is 5.11 Å². The second-order valence-electron chi connectivity index (χ2n) is 4.13. The molecule has 0 radical (unpaired) electrons. The van der Waals surface area contributed by atoms with E-state index in [0.29, 0.717) is 13.0 Å². The lowest BCUT2D eigenvalue weighted by atomic mass is 10.2. The number of carboxylic acid groups (broad SMARTS) is 1. The van der Waals surface area contributed by atoms with Crippen LogP contribution in [-0.2, 0) is 19.4 Å². The smallest absolute Gasteiger partial charge is 0.303 e. The summed E-state index contributed by atoms with van der Waals surface area (Å²) < 4.78 is 22.6. The van der Waals surface area contributed by atoms with Gasteiger partial charge in [0.05, 0.1) is 17.9 Å². The number of sulfone groups is 1. The summed E-state index contributed by atoms with van der Waals surface area (Å²) in [6, 6.07) is -0.286. The van der Waals surface area contributed by atoms with Crippen LogP contribution in [0.2, 0.25) is 0 Å². The molecule has 1 aliphatic heterocycles. The number of aliphatic carboxylic acids is 1. The Morgan fingerprint density at radius 3 is 2.41 bits per heavy atom. The first kappa shape index (κ1) is 14.0. The van der Waals surface area contributed by atoms with Gasteiger partial charge in [-0.1, -0.05) is 0 Å². The van der Waals surface area contributed by atoms with Crippen LogP contribution >= 0.6 is 0 Å². The molecule has 0 aromatic heterocycles. The second kappa shape index (κ2) is 5.48. The first-order chi connectivity index (χ1) is 7.85. The first-order valence-electron chi connectivity index (χ1n) is 5.57. The van der Waals surface area contributed by atoms with Crippen molar-refractivity contribution in [2.75, 3.05) is 18.1 Å².